The van der Waals surface area contributed by atoms with Crippen LogP contribution < -0.4 is 10.1 Å². The van der Waals surface area contributed by atoms with Crippen LogP contribution in [0.25, 0.3) is 10.9 Å². The predicted octanol–water partition coefficient (Wildman–Crippen LogP) is 5.56. The normalized spacial score (nSPS) is 17.0. The number of halogens is 2. The fourth-order valence-corrected chi connectivity index (χ4v) is 4.44. The molecule has 1 N–H and O–H groups in total. The quantitative estimate of drug-likeness (QED) is 0.361. The molecule has 1 saturated heterocycles. The average Bonchev–Trinajstić information content (AvgIpc) is 3.16. The summed E-state index contributed by atoms with van der Waals surface area (Å²) in [4.78, 5) is 11.9. The van der Waals surface area contributed by atoms with Gasteiger partial charge >= 0.3 is 6.09 Å². The molecular formula is C24H27FIN3O4. The second-order valence-electron chi connectivity index (χ2n) is 8.06. The van der Waals surface area contributed by atoms with Gasteiger partial charge in [0.2, 0.25) is 0 Å². The summed E-state index contributed by atoms with van der Waals surface area (Å²) in [6.07, 6.45) is 2.48. The van der Waals surface area contributed by atoms with Gasteiger partial charge in [0.1, 0.15) is 21.6 Å². The van der Waals surface area contributed by atoms with Crippen molar-refractivity contribution in [3.63, 3.8) is 0 Å². The smallest absolute Gasteiger partial charge is 0.407 e. The predicted molar refractivity (Wildman–Crippen MR) is 131 cm³/mol. The van der Waals surface area contributed by atoms with Gasteiger partial charge in [-0.05, 0) is 60.4 Å². The molecule has 9 heteroatoms. The van der Waals surface area contributed by atoms with Crippen LogP contribution in [0, 0.1) is 9.52 Å². The van der Waals surface area contributed by atoms with E-state index in [1.807, 2.05) is 43.3 Å². The van der Waals surface area contributed by atoms with Crippen molar-refractivity contribution >= 4 is 39.6 Å². The lowest BCUT2D eigenvalue weighted by Gasteiger charge is -2.23. The van der Waals surface area contributed by atoms with Gasteiger partial charge in [0.05, 0.1) is 6.10 Å². The standard InChI is InChI=1S/C24H27FIN3O4/c1-16(10-11-27-24(30)32-15-17-7-3-2-4-8-17)33-18-13-19-22(20(25)14-18)29(28-23(19)26)21-9-5-6-12-31-21/h2-4,7-8,13-14,16,21H,5-6,9-12,15H2,1H3,(H,27,30)/t16-,21?/m1/s1. The van der Waals surface area contributed by atoms with Gasteiger partial charge in [-0.15, -0.1) is 0 Å². The number of aromatic nitrogens is 2. The molecule has 7 nitrogen and oxygen atoms in total. The molecule has 3 aromatic rings. The first-order chi connectivity index (χ1) is 16.0. The Morgan fingerprint density at radius 2 is 2.15 bits per heavy atom. The van der Waals surface area contributed by atoms with Crippen LogP contribution in [0.15, 0.2) is 42.5 Å². The number of carbonyl (C=O) groups excluding carboxylic acids is 1. The topological polar surface area (TPSA) is 74.6 Å². The van der Waals surface area contributed by atoms with Crippen molar-refractivity contribution < 1.29 is 23.4 Å². The molecular weight excluding hydrogens is 540 g/mol. The van der Waals surface area contributed by atoms with Crippen LogP contribution in [-0.2, 0) is 16.1 Å². The fraction of sp³-hybridized carbons (Fsp3) is 0.417. The maximum absolute atomic E-state index is 15.0. The van der Waals surface area contributed by atoms with Gasteiger partial charge in [0.15, 0.2) is 12.0 Å². The van der Waals surface area contributed by atoms with Gasteiger partial charge in [-0.1, -0.05) is 30.3 Å². The fourth-order valence-electron chi connectivity index (χ4n) is 3.80. The van der Waals surface area contributed by atoms with Crippen LogP contribution >= 0.6 is 22.6 Å². The lowest BCUT2D eigenvalue weighted by Crippen LogP contribution is -2.28. The average molecular weight is 567 g/mol. The van der Waals surface area contributed by atoms with Crippen LogP contribution in [-0.4, -0.2) is 35.1 Å². The largest absolute Gasteiger partial charge is 0.491 e. The van der Waals surface area contributed by atoms with E-state index in [2.05, 4.69) is 33.0 Å². The third-order valence-electron chi connectivity index (χ3n) is 5.48. The molecule has 0 radical (unpaired) electrons. The second-order valence-corrected chi connectivity index (χ2v) is 9.09. The van der Waals surface area contributed by atoms with Gasteiger partial charge in [0.25, 0.3) is 0 Å². The highest BCUT2D eigenvalue weighted by Gasteiger charge is 2.23. The third kappa shape index (κ3) is 6.14. The lowest BCUT2D eigenvalue weighted by atomic mass is 10.2. The van der Waals surface area contributed by atoms with Crippen LogP contribution in [0.3, 0.4) is 0 Å². The number of fused-ring (bicyclic) bond motifs is 1. The Bertz CT molecular complexity index is 1090. The maximum atomic E-state index is 15.0. The zero-order chi connectivity index (χ0) is 23.2. The number of nitrogens with zero attached hydrogens (tertiary/aromatic N) is 2. The number of alkyl carbamates (subject to hydrolysis) is 1. The Labute approximate surface area is 205 Å². The first-order valence-electron chi connectivity index (χ1n) is 11.1. The van der Waals surface area contributed by atoms with Crippen molar-refractivity contribution in [2.45, 2.75) is 51.5 Å². The van der Waals surface area contributed by atoms with Gasteiger partial charge < -0.3 is 19.5 Å². The molecule has 0 saturated carbocycles. The third-order valence-corrected chi connectivity index (χ3v) is 6.28. The number of hydrogen-bond acceptors (Lipinski definition) is 5. The van der Waals surface area contributed by atoms with E-state index in [9.17, 15) is 4.79 Å². The number of amides is 1. The molecule has 33 heavy (non-hydrogen) atoms. The van der Waals surface area contributed by atoms with E-state index in [0.29, 0.717) is 39.9 Å². The molecule has 2 aromatic carbocycles. The van der Waals surface area contributed by atoms with E-state index in [1.165, 1.54) is 6.07 Å². The summed E-state index contributed by atoms with van der Waals surface area (Å²) in [6, 6.07) is 12.7. The monoisotopic (exact) mass is 567 g/mol. The van der Waals surface area contributed by atoms with Crippen molar-refractivity contribution in [2.75, 3.05) is 13.2 Å². The Balaban J connectivity index is 1.31. The van der Waals surface area contributed by atoms with Gasteiger partial charge in [-0.2, -0.15) is 5.10 Å². The summed E-state index contributed by atoms with van der Waals surface area (Å²) in [6.45, 7) is 3.14. The summed E-state index contributed by atoms with van der Waals surface area (Å²) >= 11 is 2.11. The van der Waals surface area contributed by atoms with E-state index in [-0.39, 0.29) is 24.8 Å². The van der Waals surface area contributed by atoms with E-state index in [0.717, 1.165) is 24.8 Å². The zero-order valence-corrected chi connectivity index (χ0v) is 20.6. The number of ether oxygens (including phenoxy) is 3. The molecule has 2 heterocycles. The Morgan fingerprint density at radius 3 is 2.91 bits per heavy atom. The Hall–Kier alpha value is -2.40. The maximum Gasteiger partial charge on any atom is 0.407 e. The summed E-state index contributed by atoms with van der Waals surface area (Å²) in [5.41, 5.74) is 1.36. The molecule has 1 aliphatic heterocycles. The Kier molecular flexibility index (Phi) is 8.02. The summed E-state index contributed by atoms with van der Waals surface area (Å²) < 4.78 is 34.3. The van der Waals surface area contributed by atoms with E-state index < -0.39 is 6.09 Å². The first kappa shape index (κ1) is 23.7. The highest BCUT2D eigenvalue weighted by molar-refractivity contribution is 14.1. The number of nitrogens with one attached hydrogen (secondary N) is 1. The minimum Gasteiger partial charge on any atom is -0.491 e. The second kappa shape index (κ2) is 11.1. The number of hydrogen-bond donors (Lipinski definition) is 1. The molecule has 4 rings (SSSR count). The van der Waals surface area contributed by atoms with Crippen molar-refractivity contribution in [3.8, 4) is 5.75 Å². The first-order valence-corrected chi connectivity index (χ1v) is 12.2. The number of benzene rings is 2. The zero-order valence-electron chi connectivity index (χ0n) is 18.4. The minimum absolute atomic E-state index is 0.218. The van der Waals surface area contributed by atoms with Crippen LogP contribution in [0.1, 0.15) is 44.4 Å². The van der Waals surface area contributed by atoms with Gasteiger partial charge in [0, 0.05) is 31.0 Å². The SMILES string of the molecule is C[C@H](CCNC(=O)OCc1ccccc1)Oc1cc(F)c2c(c1)c(I)nn2C1CCCCO1. The van der Waals surface area contributed by atoms with Crippen molar-refractivity contribution in [2.24, 2.45) is 0 Å². The van der Waals surface area contributed by atoms with E-state index >= 15 is 4.39 Å². The molecule has 1 aliphatic rings. The summed E-state index contributed by atoms with van der Waals surface area (Å²) in [5, 5.41) is 7.94. The van der Waals surface area contributed by atoms with Gasteiger partial charge in [-0.3, -0.25) is 0 Å². The highest BCUT2D eigenvalue weighted by atomic mass is 127. The molecule has 1 amide bonds. The number of rotatable bonds is 8. The molecule has 176 valence electrons. The van der Waals surface area contributed by atoms with Crippen LogP contribution in [0.2, 0.25) is 0 Å². The minimum atomic E-state index is -0.481. The molecule has 1 fully saturated rings. The van der Waals surface area contributed by atoms with E-state index in [1.54, 1.807) is 4.68 Å². The van der Waals surface area contributed by atoms with E-state index in [4.69, 9.17) is 14.2 Å². The van der Waals surface area contributed by atoms with Gasteiger partial charge in [-0.25, -0.2) is 13.9 Å². The molecule has 1 unspecified atom stereocenters. The lowest BCUT2D eigenvalue weighted by molar-refractivity contribution is -0.0371. The molecule has 1 aromatic heterocycles. The molecule has 2 atom stereocenters. The molecule has 0 bridgehead atoms. The van der Waals surface area contributed by atoms with Crippen LogP contribution in [0.5, 0.6) is 5.75 Å². The van der Waals surface area contributed by atoms with Crippen molar-refractivity contribution in [3.05, 3.63) is 57.5 Å². The highest BCUT2D eigenvalue weighted by Crippen LogP contribution is 2.33. The molecule has 0 aliphatic carbocycles. The molecule has 0 spiro atoms. The van der Waals surface area contributed by atoms with Crippen molar-refractivity contribution in [1.29, 1.82) is 0 Å². The summed E-state index contributed by atoms with van der Waals surface area (Å²) in [5.74, 6) is 0.0445. The Morgan fingerprint density at radius 1 is 1.33 bits per heavy atom. The summed E-state index contributed by atoms with van der Waals surface area (Å²) in [7, 11) is 0. The van der Waals surface area contributed by atoms with Crippen LogP contribution in [0.4, 0.5) is 9.18 Å². The van der Waals surface area contributed by atoms with Crippen molar-refractivity contribution in [1.82, 2.24) is 15.1 Å². The number of carbonyl (C=O) groups is 1.